The minimum absolute atomic E-state index is 0.0486. The number of hydrogen-bond acceptors (Lipinski definition) is 3. The van der Waals surface area contributed by atoms with Crippen LogP contribution in [0.4, 0.5) is 0 Å². The lowest BCUT2D eigenvalue weighted by Crippen LogP contribution is -2.53. The molecule has 0 aliphatic heterocycles. The minimum atomic E-state index is -0.810. The van der Waals surface area contributed by atoms with E-state index in [0.717, 1.165) is 24.2 Å². The largest absolute Gasteiger partial charge is 0.488 e. The lowest BCUT2D eigenvalue weighted by atomic mass is 9.96. The van der Waals surface area contributed by atoms with E-state index in [1.165, 1.54) is 0 Å². The van der Waals surface area contributed by atoms with Gasteiger partial charge in [-0.2, -0.15) is 0 Å². The van der Waals surface area contributed by atoms with Crippen molar-refractivity contribution in [1.29, 1.82) is 0 Å². The van der Waals surface area contributed by atoms with Crippen molar-refractivity contribution < 1.29 is 9.53 Å². The maximum Gasteiger partial charge on any atom is 0.239 e. The molecule has 4 nitrogen and oxygen atoms in total. The second-order valence-corrected chi connectivity index (χ2v) is 5.79. The molecule has 0 fully saturated rings. The normalized spacial score (nSPS) is 15.1. The van der Waals surface area contributed by atoms with Gasteiger partial charge in [0.05, 0.1) is 12.1 Å². The molecule has 21 heavy (non-hydrogen) atoms. The molecule has 2 unspecified atom stereocenters. The van der Waals surface area contributed by atoms with Crippen LogP contribution in [0, 0.1) is 6.92 Å². The molecule has 1 rings (SSSR count). The Labute approximate surface area is 128 Å². The van der Waals surface area contributed by atoms with Gasteiger partial charge in [-0.3, -0.25) is 4.79 Å². The molecule has 1 amide bonds. The van der Waals surface area contributed by atoms with Gasteiger partial charge in [-0.15, -0.1) is 0 Å². The van der Waals surface area contributed by atoms with Gasteiger partial charge in [0.1, 0.15) is 11.9 Å². The van der Waals surface area contributed by atoms with Gasteiger partial charge in [-0.1, -0.05) is 38.5 Å². The molecular formula is C17H28N2O2. The lowest BCUT2D eigenvalue weighted by Gasteiger charge is -2.25. The van der Waals surface area contributed by atoms with Gasteiger partial charge >= 0.3 is 0 Å². The number of carbonyl (C=O) groups is 1. The quantitative estimate of drug-likeness (QED) is 0.774. The molecule has 4 heteroatoms. The average Bonchev–Trinajstić information content (AvgIpc) is 2.44. The Hall–Kier alpha value is -1.55. The number of ether oxygens (including phenoxy) is 1. The van der Waals surface area contributed by atoms with Gasteiger partial charge in [0.2, 0.25) is 5.91 Å². The number of para-hydroxylation sites is 1. The summed E-state index contributed by atoms with van der Waals surface area (Å²) in [7, 11) is 0. The van der Waals surface area contributed by atoms with E-state index in [9.17, 15) is 4.79 Å². The van der Waals surface area contributed by atoms with E-state index < -0.39 is 5.54 Å². The molecular weight excluding hydrogens is 264 g/mol. The number of carbonyl (C=O) groups excluding carboxylic acids is 1. The summed E-state index contributed by atoms with van der Waals surface area (Å²) in [6.45, 7) is 8.32. The van der Waals surface area contributed by atoms with E-state index >= 15 is 0 Å². The van der Waals surface area contributed by atoms with Crippen LogP contribution >= 0.6 is 0 Å². The van der Waals surface area contributed by atoms with Crippen molar-refractivity contribution in [1.82, 2.24) is 5.32 Å². The van der Waals surface area contributed by atoms with E-state index in [4.69, 9.17) is 10.5 Å². The van der Waals surface area contributed by atoms with Crippen molar-refractivity contribution in [2.75, 3.05) is 6.54 Å². The van der Waals surface area contributed by atoms with E-state index in [0.29, 0.717) is 13.0 Å². The van der Waals surface area contributed by atoms with Gasteiger partial charge in [-0.05, 0) is 38.3 Å². The fourth-order valence-corrected chi connectivity index (χ4v) is 2.18. The zero-order valence-electron chi connectivity index (χ0n) is 13.6. The number of aryl methyl sites for hydroxylation is 1. The van der Waals surface area contributed by atoms with E-state index in [1.807, 2.05) is 45.0 Å². The molecule has 0 aromatic heterocycles. The number of nitrogens with one attached hydrogen (secondary N) is 1. The first-order valence-corrected chi connectivity index (χ1v) is 7.70. The van der Waals surface area contributed by atoms with Gasteiger partial charge < -0.3 is 15.8 Å². The maximum absolute atomic E-state index is 12.1. The molecule has 1 aromatic rings. The molecule has 3 N–H and O–H groups in total. The van der Waals surface area contributed by atoms with Crippen molar-refractivity contribution in [2.45, 2.75) is 58.6 Å². The first-order valence-electron chi connectivity index (χ1n) is 7.70. The van der Waals surface area contributed by atoms with Crippen LogP contribution in [0.1, 0.15) is 45.6 Å². The lowest BCUT2D eigenvalue weighted by molar-refractivity contribution is -0.126. The Kier molecular flexibility index (Phi) is 6.69. The smallest absolute Gasteiger partial charge is 0.239 e. The molecule has 0 spiro atoms. The summed E-state index contributed by atoms with van der Waals surface area (Å²) in [4.78, 5) is 12.1. The molecule has 0 aliphatic carbocycles. The van der Waals surface area contributed by atoms with Crippen molar-refractivity contribution in [3.05, 3.63) is 29.8 Å². The van der Waals surface area contributed by atoms with Crippen molar-refractivity contribution in [2.24, 2.45) is 5.73 Å². The van der Waals surface area contributed by atoms with Crippen LogP contribution in [0.25, 0.3) is 0 Å². The highest BCUT2D eigenvalue weighted by atomic mass is 16.5. The Morgan fingerprint density at radius 2 is 2.05 bits per heavy atom. The van der Waals surface area contributed by atoms with Crippen LogP contribution in [0.3, 0.4) is 0 Å². The molecule has 118 valence electrons. The van der Waals surface area contributed by atoms with Crippen molar-refractivity contribution in [3.63, 3.8) is 0 Å². The van der Waals surface area contributed by atoms with Crippen LogP contribution < -0.4 is 15.8 Å². The Balaban J connectivity index is 2.56. The van der Waals surface area contributed by atoms with Crippen LogP contribution in [0.5, 0.6) is 5.75 Å². The SMILES string of the molecule is CCCC(C)(N)C(=O)NCC(CC)Oc1ccccc1C. The summed E-state index contributed by atoms with van der Waals surface area (Å²) in [6, 6.07) is 7.89. The summed E-state index contributed by atoms with van der Waals surface area (Å²) >= 11 is 0. The van der Waals surface area contributed by atoms with Gasteiger partial charge in [0, 0.05) is 0 Å². The zero-order valence-corrected chi connectivity index (χ0v) is 13.6. The third-order valence-corrected chi connectivity index (χ3v) is 3.62. The predicted molar refractivity (Wildman–Crippen MR) is 86.4 cm³/mol. The van der Waals surface area contributed by atoms with Crippen molar-refractivity contribution >= 4 is 5.91 Å². The summed E-state index contributed by atoms with van der Waals surface area (Å²) < 4.78 is 5.96. The fourth-order valence-electron chi connectivity index (χ4n) is 2.18. The first-order chi connectivity index (χ1) is 9.90. The second-order valence-electron chi connectivity index (χ2n) is 5.79. The summed E-state index contributed by atoms with van der Waals surface area (Å²) in [5, 5.41) is 2.91. The monoisotopic (exact) mass is 292 g/mol. The minimum Gasteiger partial charge on any atom is -0.488 e. The number of hydrogen-bond donors (Lipinski definition) is 2. The third kappa shape index (κ3) is 5.38. The Bertz CT molecular complexity index is 458. The number of amides is 1. The van der Waals surface area contributed by atoms with Crippen molar-refractivity contribution in [3.8, 4) is 5.75 Å². The standard InChI is InChI=1S/C17H28N2O2/c1-5-11-17(4,18)16(20)19-12-14(6-2)21-15-10-8-7-9-13(15)3/h7-10,14H,5-6,11-12,18H2,1-4H3,(H,19,20). The molecule has 0 aliphatic rings. The third-order valence-electron chi connectivity index (χ3n) is 3.62. The van der Waals surface area contributed by atoms with E-state index in [2.05, 4.69) is 5.32 Å². The van der Waals surface area contributed by atoms with Crippen LogP contribution in [0.2, 0.25) is 0 Å². The Morgan fingerprint density at radius 3 is 2.62 bits per heavy atom. The maximum atomic E-state index is 12.1. The molecule has 0 radical (unpaired) electrons. The number of rotatable bonds is 8. The van der Waals surface area contributed by atoms with Gasteiger partial charge in [-0.25, -0.2) is 0 Å². The molecule has 0 heterocycles. The highest BCUT2D eigenvalue weighted by molar-refractivity contribution is 5.85. The van der Waals surface area contributed by atoms with Gasteiger partial charge in [0.15, 0.2) is 0 Å². The second kappa shape index (κ2) is 8.03. The molecule has 2 atom stereocenters. The fraction of sp³-hybridized carbons (Fsp3) is 0.588. The number of nitrogens with two attached hydrogens (primary N) is 1. The highest BCUT2D eigenvalue weighted by Crippen LogP contribution is 2.18. The van der Waals surface area contributed by atoms with Crippen LogP contribution in [-0.2, 0) is 4.79 Å². The van der Waals surface area contributed by atoms with E-state index in [-0.39, 0.29) is 12.0 Å². The summed E-state index contributed by atoms with van der Waals surface area (Å²) in [5.74, 6) is 0.749. The first kappa shape index (κ1) is 17.5. The summed E-state index contributed by atoms with van der Waals surface area (Å²) in [6.07, 6.45) is 2.34. The molecule has 0 saturated heterocycles. The molecule has 0 saturated carbocycles. The number of benzene rings is 1. The van der Waals surface area contributed by atoms with Crippen LogP contribution in [-0.4, -0.2) is 24.1 Å². The topological polar surface area (TPSA) is 64.4 Å². The average molecular weight is 292 g/mol. The predicted octanol–water partition coefficient (Wildman–Crippen LogP) is 2.79. The molecule has 0 bridgehead atoms. The zero-order chi connectivity index (χ0) is 15.9. The van der Waals surface area contributed by atoms with Crippen LogP contribution in [0.15, 0.2) is 24.3 Å². The Morgan fingerprint density at radius 1 is 1.38 bits per heavy atom. The van der Waals surface area contributed by atoms with Gasteiger partial charge in [0.25, 0.3) is 0 Å². The molecule has 1 aromatic carbocycles. The highest BCUT2D eigenvalue weighted by Gasteiger charge is 2.27. The van der Waals surface area contributed by atoms with E-state index in [1.54, 1.807) is 6.92 Å². The summed E-state index contributed by atoms with van der Waals surface area (Å²) in [5.41, 5.74) is 6.31.